The van der Waals surface area contributed by atoms with E-state index in [-0.39, 0.29) is 18.2 Å². The molecule has 0 radical (unpaired) electrons. The highest BCUT2D eigenvalue weighted by atomic mass is 35.5. The van der Waals surface area contributed by atoms with Gasteiger partial charge in [-0.1, -0.05) is 6.07 Å². The number of ether oxygens (including phenoxy) is 2. The number of esters is 1. The average Bonchev–Trinajstić information content (AvgIpc) is 2.28. The van der Waals surface area contributed by atoms with Gasteiger partial charge in [0, 0.05) is 6.07 Å². The molecule has 0 amide bonds. The van der Waals surface area contributed by atoms with Crippen LogP contribution in [-0.2, 0) is 9.53 Å². The minimum absolute atomic E-state index is 0. The van der Waals surface area contributed by atoms with Crippen LogP contribution in [0.3, 0.4) is 0 Å². The molecule has 0 unspecified atom stereocenters. The fourth-order valence-electron chi connectivity index (χ4n) is 1.24. The van der Waals surface area contributed by atoms with Crippen molar-refractivity contribution in [1.29, 1.82) is 0 Å². The lowest BCUT2D eigenvalue weighted by Crippen LogP contribution is -2.37. The maximum absolute atomic E-state index is 13.0. The van der Waals surface area contributed by atoms with E-state index in [1.807, 2.05) is 0 Å². The summed E-state index contributed by atoms with van der Waals surface area (Å²) in [5, 5.41) is 0. The van der Waals surface area contributed by atoms with Crippen LogP contribution in [0.25, 0.3) is 0 Å². The molecule has 4 nitrogen and oxygen atoms in total. The highest BCUT2D eigenvalue weighted by molar-refractivity contribution is 5.85. The van der Waals surface area contributed by atoms with E-state index in [2.05, 4.69) is 0 Å². The fourth-order valence-corrected chi connectivity index (χ4v) is 1.24. The molecule has 0 saturated carbocycles. The van der Waals surface area contributed by atoms with Gasteiger partial charge >= 0.3 is 5.97 Å². The summed E-state index contributed by atoms with van der Waals surface area (Å²) in [6.07, 6.45) is -0.860. The Balaban J connectivity index is 0.00000324. The molecule has 0 aliphatic heterocycles. The van der Waals surface area contributed by atoms with Gasteiger partial charge in [0.1, 0.15) is 29.8 Å². The summed E-state index contributed by atoms with van der Waals surface area (Å²) in [7, 11) is 0. The second-order valence-electron chi connectivity index (χ2n) is 4.21. The third-order valence-electron chi connectivity index (χ3n) is 2.45. The molecule has 0 heterocycles. The van der Waals surface area contributed by atoms with Gasteiger partial charge in [-0.3, -0.25) is 4.79 Å². The normalized spacial score (nSPS) is 14.8. The van der Waals surface area contributed by atoms with Gasteiger partial charge < -0.3 is 15.2 Å². The lowest BCUT2D eigenvalue weighted by molar-refractivity contribution is -0.153. The zero-order chi connectivity index (χ0) is 13.7. The molecule has 108 valence electrons. The number of benzene rings is 1. The minimum Gasteiger partial charge on any atom is -0.487 e. The van der Waals surface area contributed by atoms with Crippen molar-refractivity contribution < 1.29 is 18.7 Å². The first-order valence-corrected chi connectivity index (χ1v) is 5.78. The Hall–Kier alpha value is -1.33. The molecule has 19 heavy (non-hydrogen) atoms. The number of nitrogens with two attached hydrogens (primary N) is 1. The molecule has 0 aliphatic carbocycles. The van der Waals surface area contributed by atoms with Crippen LogP contribution in [0.1, 0.15) is 20.8 Å². The van der Waals surface area contributed by atoms with Gasteiger partial charge in [-0.15, -0.1) is 12.4 Å². The lowest BCUT2D eigenvalue weighted by Gasteiger charge is -2.22. The molecule has 1 rings (SSSR count). The Morgan fingerprint density at radius 2 is 1.89 bits per heavy atom. The first-order chi connectivity index (χ1) is 8.40. The highest BCUT2D eigenvalue weighted by Gasteiger charge is 2.20. The van der Waals surface area contributed by atoms with Gasteiger partial charge in [0.05, 0.1) is 0 Å². The molecule has 1 aromatic rings. The van der Waals surface area contributed by atoms with Gasteiger partial charge in [-0.25, -0.2) is 4.39 Å². The zero-order valence-electron chi connectivity index (χ0n) is 11.1. The molecule has 0 aromatic heterocycles. The summed E-state index contributed by atoms with van der Waals surface area (Å²) >= 11 is 0. The zero-order valence-corrected chi connectivity index (χ0v) is 11.9. The van der Waals surface area contributed by atoms with Crippen molar-refractivity contribution in [3.8, 4) is 5.75 Å². The van der Waals surface area contributed by atoms with Crippen molar-refractivity contribution in [2.45, 2.75) is 39.0 Å². The Bertz CT molecular complexity index is 415. The predicted octanol–water partition coefficient (Wildman–Crippen LogP) is 2.29. The van der Waals surface area contributed by atoms with E-state index in [0.717, 1.165) is 0 Å². The SMILES string of the molecule is C[C@H](N)C(=O)O[C@@H](C)[C@@H](C)Oc1cccc(F)c1.Cl. The third-order valence-corrected chi connectivity index (χ3v) is 2.45. The summed E-state index contributed by atoms with van der Waals surface area (Å²) in [5.41, 5.74) is 5.39. The summed E-state index contributed by atoms with van der Waals surface area (Å²) in [4.78, 5) is 11.3. The second kappa shape index (κ2) is 7.96. The van der Waals surface area contributed by atoms with E-state index < -0.39 is 24.2 Å². The van der Waals surface area contributed by atoms with E-state index in [9.17, 15) is 9.18 Å². The average molecular weight is 292 g/mol. The number of hydrogen-bond acceptors (Lipinski definition) is 4. The molecular formula is C13H19ClFNO3. The topological polar surface area (TPSA) is 61.6 Å². The maximum Gasteiger partial charge on any atom is 0.323 e. The van der Waals surface area contributed by atoms with E-state index in [4.69, 9.17) is 15.2 Å². The Labute approximate surface area is 118 Å². The van der Waals surface area contributed by atoms with Crippen LogP contribution in [0.15, 0.2) is 24.3 Å². The number of hydrogen-bond donors (Lipinski definition) is 1. The summed E-state index contributed by atoms with van der Waals surface area (Å²) in [6, 6.07) is 5.12. The quantitative estimate of drug-likeness (QED) is 0.846. The fraction of sp³-hybridized carbons (Fsp3) is 0.462. The van der Waals surface area contributed by atoms with Gasteiger partial charge in [-0.2, -0.15) is 0 Å². The molecule has 2 N–H and O–H groups in total. The Morgan fingerprint density at radius 3 is 2.42 bits per heavy atom. The van der Waals surface area contributed by atoms with E-state index in [1.165, 1.54) is 12.1 Å². The highest BCUT2D eigenvalue weighted by Crippen LogP contribution is 2.16. The molecule has 0 aliphatic rings. The Kier molecular flexibility index (Phi) is 7.41. The van der Waals surface area contributed by atoms with Crippen LogP contribution in [0, 0.1) is 5.82 Å². The van der Waals surface area contributed by atoms with Crippen molar-refractivity contribution in [2.75, 3.05) is 0 Å². The first kappa shape index (κ1) is 17.7. The largest absolute Gasteiger partial charge is 0.487 e. The molecule has 0 fully saturated rings. The smallest absolute Gasteiger partial charge is 0.323 e. The molecule has 3 atom stereocenters. The van der Waals surface area contributed by atoms with Gasteiger partial charge in [-0.05, 0) is 32.9 Å². The van der Waals surface area contributed by atoms with Crippen LogP contribution in [0.2, 0.25) is 0 Å². The minimum atomic E-state index is -0.672. The standard InChI is InChI=1S/C13H18FNO3.ClH/c1-8(15)13(16)18-10(3)9(2)17-12-6-4-5-11(14)7-12;/h4-10H,15H2,1-3H3;1H/t8-,9+,10-;/m0./s1. The summed E-state index contributed by atoms with van der Waals surface area (Å²) in [5.74, 6) is -0.469. The summed E-state index contributed by atoms with van der Waals surface area (Å²) in [6.45, 7) is 4.99. The lowest BCUT2D eigenvalue weighted by atomic mass is 10.2. The van der Waals surface area contributed by atoms with Gasteiger partial charge in [0.15, 0.2) is 0 Å². The Morgan fingerprint density at radius 1 is 1.26 bits per heavy atom. The summed E-state index contributed by atoms with van der Waals surface area (Å²) < 4.78 is 23.5. The van der Waals surface area contributed by atoms with Crippen molar-refractivity contribution >= 4 is 18.4 Å². The van der Waals surface area contributed by atoms with Crippen LogP contribution < -0.4 is 10.5 Å². The molecular weight excluding hydrogens is 273 g/mol. The van der Waals surface area contributed by atoms with Crippen LogP contribution in [0.4, 0.5) is 4.39 Å². The van der Waals surface area contributed by atoms with E-state index in [0.29, 0.717) is 5.75 Å². The van der Waals surface area contributed by atoms with Crippen LogP contribution in [-0.4, -0.2) is 24.2 Å². The number of carbonyl (C=O) groups is 1. The van der Waals surface area contributed by atoms with Gasteiger partial charge in [0.2, 0.25) is 0 Å². The van der Waals surface area contributed by atoms with Gasteiger partial charge in [0.25, 0.3) is 0 Å². The predicted molar refractivity (Wildman–Crippen MR) is 72.9 cm³/mol. The molecule has 1 aromatic carbocycles. The third kappa shape index (κ3) is 5.89. The van der Waals surface area contributed by atoms with Crippen molar-refractivity contribution in [1.82, 2.24) is 0 Å². The maximum atomic E-state index is 13.0. The monoisotopic (exact) mass is 291 g/mol. The van der Waals surface area contributed by atoms with E-state index >= 15 is 0 Å². The van der Waals surface area contributed by atoms with Crippen molar-refractivity contribution in [2.24, 2.45) is 5.73 Å². The molecule has 0 spiro atoms. The number of rotatable bonds is 5. The molecule has 0 saturated heterocycles. The van der Waals surface area contributed by atoms with Crippen LogP contribution in [0.5, 0.6) is 5.75 Å². The van der Waals surface area contributed by atoms with Crippen molar-refractivity contribution in [3.05, 3.63) is 30.1 Å². The molecule has 6 heteroatoms. The first-order valence-electron chi connectivity index (χ1n) is 5.78. The second-order valence-corrected chi connectivity index (χ2v) is 4.21. The van der Waals surface area contributed by atoms with Crippen LogP contribution >= 0.6 is 12.4 Å². The number of carbonyl (C=O) groups excluding carboxylic acids is 1. The van der Waals surface area contributed by atoms with E-state index in [1.54, 1.807) is 32.9 Å². The molecule has 0 bridgehead atoms. The van der Waals surface area contributed by atoms with Crippen molar-refractivity contribution in [3.63, 3.8) is 0 Å². The number of halogens is 2.